The van der Waals surface area contributed by atoms with Gasteiger partial charge in [0.05, 0.1) is 5.56 Å². The Bertz CT molecular complexity index is 341. The maximum atomic E-state index is 10.9. The van der Waals surface area contributed by atoms with Gasteiger partial charge in [0.2, 0.25) is 0 Å². The van der Waals surface area contributed by atoms with E-state index in [1.54, 1.807) is 18.2 Å². The average Bonchev–Trinajstić information content (AvgIpc) is 2.05. The zero-order valence-corrected chi connectivity index (χ0v) is 6.15. The Labute approximate surface area is 69.2 Å². The molecule has 0 amide bonds. The third kappa shape index (κ3) is 1.52. The average molecular weight is 162 g/mol. The van der Waals surface area contributed by atoms with Crippen LogP contribution in [0.4, 0.5) is 5.69 Å². The molecule has 0 fully saturated rings. The summed E-state index contributed by atoms with van der Waals surface area (Å²) in [5.74, 6) is -0.726. The molecule has 0 atom stereocenters. The van der Waals surface area contributed by atoms with Gasteiger partial charge in [0.15, 0.2) is 0 Å². The molecule has 2 N–H and O–H groups in total. The molecule has 0 aliphatic carbocycles. The number of hydrogen-bond acceptors (Lipinski definition) is 4. The lowest BCUT2D eigenvalue weighted by Gasteiger charge is -1.98. The Kier molecular flexibility index (Phi) is 2.29. The lowest BCUT2D eigenvalue weighted by molar-refractivity contribution is 0.0686. The van der Waals surface area contributed by atoms with Crippen molar-refractivity contribution in [3.63, 3.8) is 0 Å². The van der Waals surface area contributed by atoms with Gasteiger partial charge in [-0.05, 0) is 12.1 Å². The summed E-state index contributed by atoms with van der Waals surface area (Å²) in [6.07, 6.45) is 1.29. The van der Waals surface area contributed by atoms with E-state index in [9.17, 15) is 4.79 Å². The highest BCUT2D eigenvalue weighted by Gasteiger charge is 2.09. The van der Waals surface area contributed by atoms with Crippen LogP contribution in [-0.4, -0.2) is 5.97 Å². The second kappa shape index (κ2) is 3.39. The first-order valence-electron chi connectivity index (χ1n) is 3.20. The number of nitrogens with zero attached hydrogens (tertiary/aromatic N) is 1. The van der Waals surface area contributed by atoms with Crippen molar-refractivity contribution < 1.29 is 9.53 Å². The standard InChI is InChI=1S/C8H6N2O2/c9-5-12-8(11)6-3-1-2-4-7(6)10/h1-4H,10H2. The fourth-order valence-corrected chi connectivity index (χ4v) is 0.779. The van der Waals surface area contributed by atoms with Crippen molar-refractivity contribution in [2.24, 2.45) is 0 Å². The third-order valence-electron chi connectivity index (χ3n) is 1.32. The SMILES string of the molecule is N#COC(=O)c1ccccc1N. The molecule has 0 aromatic heterocycles. The summed E-state index contributed by atoms with van der Waals surface area (Å²) in [7, 11) is 0. The number of carbonyl (C=O) groups is 1. The van der Waals surface area contributed by atoms with E-state index in [1.807, 2.05) is 0 Å². The van der Waals surface area contributed by atoms with Crippen molar-refractivity contribution in [3.05, 3.63) is 29.8 Å². The summed E-state index contributed by atoms with van der Waals surface area (Å²) in [5.41, 5.74) is 5.95. The number of anilines is 1. The van der Waals surface area contributed by atoms with Crippen LogP contribution in [-0.2, 0) is 4.74 Å². The van der Waals surface area contributed by atoms with Crippen molar-refractivity contribution >= 4 is 11.7 Å². The normalized spacial score (nSPS) is 8.58. The number of nitriles is 1. The van der Waals surface area contributed by atoms with Gasteiger partial charge in [-0.15, -0.1) is 5.26 Å². The van der Waals surface area contributed by atoms with Crippen LogP contribution in [0.1, 0.15) is 10.4 Å². The highest BCUT2D eigenvalue weighted by Crippen LogP contribution is 2.10. The van der Waals surface area contributed by atoms with Crippen LogP contribution in [0.5, 0.6) is 0 Å². The maximum absolute atomic E-state index is 10.9. The van der Waals surface area contributed by atoms with E-state index in [1.165, 1.54) is 12.3 Å². The molecule has 0 radical (unpaired) electrons. The fraction of sp³-hybridized carbons (Fsp3) is 0. The number of para-hydroxylation sites is 1. The van der Waals surface area contributed by atoms with E-state index in [0.29, 0.717) is 5.69 Å². The summed E-state index contributed by atoms with van der Waals surface area (Å²) in [5, 5.41) is 8.06. The van der Waals surface area contributed by atoms with Gasteiger partial charge >= 0.3 is 5.97 Å². The number of rotatable bonds is 1. The molecule has 60 valence electrons. The van der Waals surface area contributed by atoms with Crippen molar-refractivity contribution in [1.82, 2.24) is 0 Å². The van der Waals surface area contributed by atoms with Crippen LogP contribution in [0.2, 0.25) is 0 Å². The molecule has 0 bridgehead atoms. The van der Waals surface area contributed by atoms with Gasteiger partial charge < -0.3 is 10.5 Å². The van der Waals surface area contributed by atoms with Crippen LogP contribution in [0.3, 0.4) is 0 Å². The maximum Gasteiger partial charge on any atom is 0.355 e. The van der Waals surface area contributed by atoms with E-state index in [4.69, 9.17) is 11.0 Å². The van der Waals surface area contributed by atoms with Gasteiger partial charge in [-0.3, -0.25) is 0 Å². The Morgan fingerprint density at radius 2 is 2.17 bits per heavy atom. The van der Waals surface area contributed by atoms with Gasteiger partial charge in [0.25, 0.3) is 6.26 Å². The number of ether oxygens (including phenoxy) is 1. The van der Waals surface area contributed by atoms with Crippen molar-refractivity contribution in [3.8, 4) is 6.26 Å². The molecule has 0 aliphatic heterocycles. The van der Waals surface area contributed by atoms with E-state index < -0.39 is 5.97 Å². The molecule has 4 heteroatoms. The first-order valence-corrected chi connectivity index (χ1v) is 3.20. The van der Waals surface area contributed by atoms with E-state index in [2.05, 4.69) is 4.74 Å². The van der Waals surface area contributed by atoms with Gasteiger partial charge in [0, 0.05) is 5.69 Å². The molecule has 1 aromatic carbocycles. The van der Waals surface area contributed by atoms with Crippen LogP contribution >= 0.6 is 0 Å². The summed E-state index contributed by atoms with van der Waals surface area (Å²) >= 11 is 0. The van der Waals surface area contributed by atoms with E-state index in [-0.39, 0.29) is 5.56 Å². The zero-order valence-electron chi connectivity index (χ0n) is 6.15. The largest absolute Gasteiger partial charge is 0.398 e. The highest BCUT2D eigenvalue weighted by molar-refractivity contribution is 5.95. The van der Waals surface area contributed by atoms with Crippen LogP contribution in [0.15, 0.2) is 24.3 Å². The molecule has 1 rings (SSSR count). The molecule has 0 aliphatic rings. The van der Waals surface area contributed by atoms with Crippen LogP contribution in [0, 0.1) is 11.5 Å². The molecular formula is C8H6N2O2. The molecule has 12 heavy (non-hydrogen) atoms. The Balaban J connectivity index is 2.97. The quantitative estimate of drug-likeness (QED) is 0.378. The summed E-state index contributed by atoms with van der Waals surface area (Å²) in [6, 6.07) is 6.39. The summed E-state index contributed by atoms with van der Waals surface area (Å²) in [6.45, 7) is 0. The van der Waals surface area contributed by atoms with Gasteiger partial charge in [-0.1, -0.05) is 12.1 Å². The minimum absolute atomic E-state index is 0.207. The lowest BCUT2D eigenvalue weighted by Crippen LogP contribution is -2.04. The first kappa shape index (κ1) is 8.08. The number of carbonyl (C=O) groups excluding carboxylic acids is 1. The van der Waals surface area contributed by atoms with E-state index >= 15 is 0 Å². The Morgan fingerprint density at radius 3 is 2.75 bits per heavy atom. The molecule has 0 spiro atoms. The third-order valence-corrected chi connectivity index (χ3v) is 1.32. The van der Waals surface area contributed by atoms with Crippen LogP contribution < -0.4 is 5.73 Å². The van der Waals surface area contributed by atoms with Crippen LogP contribution in [0.25, 0.3) is 0 Å². The minimum atomic E-state index is -0.726. The van der Waals surface area contributed by atoms with Gasteiger partial charge in [-0.25, -0.2) is 4.79 Å². The zero-order chi connectivity index (χ0) is 8.97. The Hall–Kier alpha value is -2.02. The van der Waals surface area contributed by atoms with Crippen molar-refractivity contribution in [2.45, 2.75) is 0 Å². The summed E-state index contributed by atoms with van der Waals surface area (Å²) in [4.78, 5) is 10.9. The molecule has 0 unspecified atom stereocenters. The van der Waals surface area contributed by atoms with Crippen molar-refractivity contribution in [1.29, 1.82) is 5.26 Å². The molecular weight excluding hydrogens is 156 g/mol. The Morgan fingerprint density at radius 1 is 1.50 bits per heavy atom. The van der Waals surface area contributed by atoms with E-state index in [0.717, 1.165) is 0 Å². The predicted octanol–water partition coefficient (Wildman–Crippen LogP) is 0.907. The highest BCUT2D eigenvalue weighted by atomic mass is 16.5. The molecule has 0 saturated carbocycles. The predicted molar refractivity (Wildman–Crippen MR) is 41.9 cm³/mol. The first-order chi connectivity index (χ1) is 5.75. The van der Waals surface area contributed by atoms with Gasteiger partial charge in [0.1, 0.15) is 0 Å². The molecule has 0 heterocycles. The number of nitrogen functional groups attached to an aromatic ring is 1. The number of nitrogens with two attached hydrogens (primary N) is 1. The minimum Gasteiger partial charge on any atom is -0.398 e. The summed E-state index contributed by atoms with van der Waals surface area (Å²) < 4.78 is 4.10. The van der Waals surface area contributed by atoms with Gasteiger partial charge in [-0.2, -0.15) is 0 Å². The second-order valence-corrected chi connectivity index (χ2v) is 2.07. The lowest BCUT2D eigenvalue weighted by atomic mass is 10.2. The number of hydrogen-bond donors (Lipinski definition) is 1. The topological polar surface area (TPSA) is 76.1 Å². The molecule has 0 saturated heterocycles. The molecule has 1 aromatic rings. The monoisotopic (exact) mass is 162 g/mol. The van der Waals surface area contributed by atoms with Crippen molar-refractivity contribution in [2.75, 3.05) is 5.73 Å². The smallest absolute Gasteiger partial charge is 0.355 e. The number of benzene rings is 1. The number of esters is 1. The molecule has 4 nitrogen and oxygen atoms in total. The fourth-order valence-electron chi connectivity index (χ4n) is 0.779. The second-order valence-electron chi connectivity index (χ2n) is 2.07.